The second kappa shape index (κ2) is 9.36. The number of hydrogen-bond donors (Lipinski definition) is 0. The quantitative estimate of drug-likeness (QED) is 0.542. The van der Waals surface area contributed by atoms with Gasteiger partial charge in [-0.05, 0) is 48.4 Å². The van der Waals surface area contributed by atoms with Crippen LogP contribution < -0.4 is 4.74 Å². The maximum atomic E-state index is 13.8. The summed E-state index contributed by atoms with van der Waals surface area (Å²) in [6.07, 6.45) is 0. The summed E-state index contributed by atoms with van der Waals surface area (Å²) < 4.78 is 66.6. The molecule has 0 bridgehead atoms. The van der Waals surface area contributed by atoms with E-state index in [-0.39, 0.29) is 43.6 Å². The summed E-state index contributed by atoms with van der Waals surface area (Å²) in [5.74, 6) is -0.331. The van der Waals surface area contributed by atoms with Gasteiger partial charge in [-0.25, -0.2) is 17.2 Å². The Morgan fingerprint density at radius 1 is 1.03 bits per heavy atom. The number of fused-ring (bicyclic) bond motifs is 1. The number of benzene rings is 3. The van der Waals surface area contributed by atoms with Crippen molar-refractivity contribution >= 4 is 10.0 Å². The highest BCUT2D eigenvalue weighted by Gasteiger charge is 2.29. The SMILES string of the molecule is Cc1ccc(F)cc1S(=O)(=O)N1CCOc2ccc(COCc3ccccc3F)cc2C1. The van der Waals surface area contributed by atoms with Gasteiger partial charge in [0.1, 0.15) is 24.0 Å². The first-order valence-corrected chi connectivity index (χ1v) is 11.6. The molecule has 0 atom stereocenters. The van der Waals surface area contributed by atoms with Gasteiger partial charge in [-0.15, -0.1) is 0 Å². The van der Waals surface area contributed by atoms with Gasteiger partial charge in [-0.2, -0.15) is 4.31 Å². The first-order chi connectivity index (χ1) is 15.3. The van der Waals surface area contributed by atoms with E-state index in [1.165, 1.54) is 22.5 Å². The summed E-state index contributed by atoms with van der Waals surface area (Å²) in [5.41, 5.74) is 2.44. The molecule has 0 fully saturated rings. The molecule has 0 saturated heterocycles. The van der Waals surface area contributed by atoms with Crippen LogP contribution in [0.25, 0.3) is 0 Å². The minimum atomic E-state index is -3.91. The predicted octanol–water partition coefficient (Wildman–Crippen LogP) is 4.57. The minimum Gasteiger partial charge on any atom is -0.492 e. The molecule has 1 aliphatic heterocycles. The standard InChI is InChI=1S/C24H23F2NO4S/c1-17-6-8-21(25)13-24(17)32(28,29)27-10-11-31-23-9-7-18(12-20(23)14-27)15-30-16-19-4-2-3-5-22(19)26/h2-9,12-13H,10-11,14-16H2,1H3. The molecule has 4 rings (SSSR count). The van der Waals surface area contributed by atoms with E-state index in [0.29, 0.717) is 22.4 Å². The number of ether oxygens (including phenoxy) is 2. The van der Waals surface area contributed by atoms with Gasteiger partial charge in [0.2, 0.25) is 10.0 Å². The highest BCUT2D eigenvalue weighted by molar-refractivity contribution is 7.89. The Labute approximate surface area is 186 Å². The van der Waals surface area contributed by atoms with Gasteiger partial charge in [0, 0.05) is 24.2 Å². The van der Waals surface area contributed by atoms with Crippen molar-refractivity contribution in [3.8, 4) is 5.75 Å². The van der Waals surface area contributed by atoms with Gasteiger partial charge in [0.25, 0.3) is 0 Å². The predicted molar refractivity (Wildman–Crippen MR) is 116 cm³/mol. The Balaban J connectivity index is 1.52. The van der Waals surface area contributed by atoms with Crippen LogP contribution in [0.5, 0.6) is 5.75 Å². The number of sulfonamides is 1. The first-order valence-electron chi connectivity index (χ1n) is 10.2. The third-order valence-corrected chi connectivity index (χ3v) is 7.31. The zero-order valence-corrected chi connectivity index (χ0v) is 18.4. The van der Waals surface area contributed by atoms with Crippen molar-refractivity contribution in [1.82, 2.24) is 4.31 Å². The molecular formula is C24H23F2NO4S. The molecule has 32 heavy (non-hydrogen) atoms. The van der Waals surface area contributed by atoms with E-state index in [1.807, 2.05) is 12.1 Å². The van der Waals surface area contributed by atoms with Crippen molar-refractivity contribution in [1.29, 1.82) is 0 Å². The second-order valence-corrected chi connectivity index (χ2v) is 9.53. The normalized spacial score (nSPS) is 14.5. The molecule has 0 aromatic heterocycles. The molecule has 1 heterocycles. The third-order valence-electron chi connectivity index (χ3n) is 5.32. The van der Waals surface area contributed by atoms with Gasteiger partial charge in [0.05, 0.1) is 18.1 Å². The number of hydrogen-bond acceptors (Lipinski definition) is 4. The van der Waals surface area contributed by atoms with Gasteiger partial charge in [0.15, 0.2) is 0 Å². The molecule has 168 valence electrons. The van der Waals surface area contributed by atoms with E-state index in [9.17, 15) is 17.2 Å². The van der Waals surface area contributed by atoms with Crippen LogP contribution in [0, 0.1) is 18.6 Å². The summed E-state index contributed by atoms with van der Waals surface area (Å²) >= 11 is 0. The van der Waals surface area contributed by atoms with Gasteiger partial charge < -0.3 is 9.47 Å². The Morgan fingerprint density at radius 3 is 2.66 bits per heavy atom. The Kier molecular flexibility index (Phi) is 6.55. The maximum absolute atomic E-state index is 13.8. The molecule has 0 spiro atoms. The molecule has 3 aromatic carbocycles. The minimum absolute atomic E-state index is 0.0506. The lowest BCUT2D eigenvalue weighted by molar-refractivity contribution is 0.105. The molecule has 0 radical (unpaired) electrons. The van der Waals surface area contributed by atoms with Crippen molar-refractivity contribution in [3.63, 3.8) is 0 Å². The summed E-state index contributed by atoms with van der Waals surface area (Å²) in [6.45, 7) is 2.42. The van der Waals surface area contributed by atoms with Crippen LogP contribution in [0.2, 0.25) is 0 Å². The Morgan fingerprint density at radius 2 is 1.84 bits per heavy atom. The Hall–Kier alpha value is -2.81. The monoisotopic (exact) mass is 459 g/mol. The molecular weight excluding hydrogens is 436 g/mol. The lowest BCUT2D eigenvalue weighted by Crippen LogP contribution is -2.33. The van der Waals surface area contributed by atoms with E-state index in [1.54, 1.807) is 31.2 Å². The molecule has 0 saturated carbocycles. The van der Waals surface area contributed by atoms with E-state index < -0.39 is 15.8 Å². The average molecular weight is 460 g/mol. The van der Waals surface area contributed by atoms with Crippen molar-refractivity contribution < 1.29 is 26.7 Å². The number of aryl methyl sites for hydroxylation is 1. The molecule has 5 nitrogen and oxygen atoms in total. The fourth-order valence-corrected chi connectivity index (χ4v) is 5.24. The van der Waals surface area contributed by atoms with Crippen LogP contribution in [-0.4, -0.2) is 25.9 Å². The van der Waals surface area contributed by atoms with Gasteiger partial charge in [-0.1, -0.05) is 30.3 Å². The topological polar surface area (TPSA) is 55.8 Å². The number of halogens is 2. The maximum Gasteiger partial charge on any atom is 0.243 e. The van der Waals surface area contributed by atoms with Crippen LogP contribution >= 0.6 is 0 Å². The van der Waals surface area contributed by atoms with Gasteiger partial charge in [-0.3, -0.25) is 0 Å². The lowest BCUT2D eigenvalue weighted by Gasteiger charge is -2.21. The van der Waals surface area contributed by atoms with Crippen molar-refractivity contribution in [2.24, 2.45) is 0 Å². The van der Waals surface area contributed by atoms with E-state index in [2.05, 4.69) is 0 Å². The third kappa shape index (κ3) is 4.82. The van der Waals surface area contributed by atoms with E-state index in [0.717, 1.165) is 11.6 Å². The molecule has 1 aliphatic rings. The van der Waals surface area contributed by atoms with E-state index in [4.69, 9.17) is 9.47 Å². The zero-order valence-electron chi connectivity index (χ0n) is 17.6. The fourth-order valence-electron chi connectivity index (χ4n) is 3.60. The molecule has 0 N–H and O–H groups in total. The average Bonchev–Trinajstić information content (AvgIpc) is 2.99. The van der Waals surface area contributed by atoms with Crippen LogP contribution in [0.15, 0.2) is 65.6 Å². The number of rotatable bonds is 6. The van der Waals surface area contributed by atoms with Crippen LogP contribution in [-0.2, 0) is 34.5 Å². The van der Waals surface area contributed by atoms with Crippen LogP contribution in [0.3, 0.4) is 0 Å². The largest absolute Gasteiger partial charge is 0.492 e. The summed E-state index contributed by atoms with van der Waals surface area (Å²) in [5, 5.41) is 0. The second-order valence-electron chi connectivity index (χ2n) is 7.62. The van der Waals surface area contributed by atoms with Crippen molar-refractivity contribution in [2.75, 3.05) is 13.2 Å². The zero-order chi connectivity index (χ0) is 22.7. The van der Waals surface area contributed by atoms with Gasteiger partial charge >= 0.3 is 0 Å². The summed E-state index contributed by atoms with van der Waals surface area (Å²) in [7, 11) is -3.91. The highest BCUT2D eigenvalue weighted by atomic mass is 32.2. The smallest absolute Gasteiger partial charge is 0.243 e. The lowest BCUT2D eigenvalue weighted by atomic mass is 10.1. The number of nitrogens with zero attached hydrogens (tertiary/aromatic N) is 1. The fraction of sp³-hybridized carbons (Fsp3) is 0.250. The highest BCUT2D eigenvalue weighted by Crippen LogP contribution is 2.29. The van der Waals surface area contributed by atoms with Crippen molar-refractivity contribution in [2.45, 2.75) is 31.6 Å². The molecule has 0 aliphatic carbocycles. The Bertz CT molecular complexity index is 1230. The first kappa shape index (κ1) is 22.4. The van der Waals surface area contributed by atoms with Crippen molar-refractivity contribution in [3.05, 3.63) is 94.6 Å². The summed E-state index contributed by atoms with van der Waals surface area (Å²) in [4.78, 5) is -0.0506. The van der Waals surface area contributed by atoms with Crippen LogP contribution in [0.4, 0.5) is 8.78 Å². The molecule has 0 amide bonds. The van der Waals surface area contributed by atoms with E-state index >= 15 is 0 Å². The molecule has 3 aromatic rings. The van der Waals surface area contributed by atoms with Crippen LogP contribution in [0.1, 0.15) is 22.3 Å². The molecule has 8 heteroatoms. The molecule has 0 unspecified atom stereocenters. The summed E-state index contributed by atoms with van der Waals surface area (Å²) in [6, 6.07) is 15.6.